The third kappa shape index (κ3) is 4.43. The molecule has 4 aromatic rings. The van der Waals surface area contributed by atoms with Crippen LogP contribution in [-0.2, 0) is 11.2 Å². The monoisotopic (exact) mass is 402 g/mol. The number of hydrogen-bond donors (Lipinski definition) is 1. The van der Waals surface area contributed by atoms with Crippen LogP contribution in [0.25, 0.3) is 22.6 Å². The van der Waals surface area contributed by atoms with Gasteiger partial charge in [-0.15, -0.1) is 0 Å². The Morgan fingerprint density at radius 3 is 2.33 bits per heavy atom. The first-order chi connectivity index (χ1) is 14.6. The number of oxazole rings is 1. The first kappa shape index (κ1) is 19.5. The van der Waals surface area contributed by atoms with Crippen molar-refractivity contribution in [3.63, 3.8) is 0 Å². The third-order valence-electron chi connectivity index (χ3n) is 4.76. The molecule has 0 bridgehead atoms. The van der Waals surface area contributed by atoms with Gasteiger partial charge in [-0.25, -0.2) is 4.98 Å². The van der Waals surface area contributed by atoms with Gasteiger partial charge < -0.3 is 19.2 Å². The lowest BCUT2D eigenvalue weighted by atomic mass is 10.1. The highest BCUT2D eigenvalue weighted by Crippen LogP contribution is 2.26. The van der Waals surface area contributed by atoms with E-state index in [2.05, 4.69) is 10.3 Å². The number of ether oxygens (including phenoxy) is 2. The van der Waals surface area contributed by atoms with E-state index in [0.29, 0.717) is 30.2 Å². The van der Waals surface area contributed by atoms with Crippen LogP contribution in [0.5, 0.6) is 11.5 Å². The SMILES string of the molecule is COc1cc(CCC(=O)Nc2ccc(-c3nc4ccccc4o3)cc2)cc(OC)c1. The van der Waals surface area contributed by atoms with Gasteiger partial charge in [0.25, 0.3) is 0 Å². The normalized spacial score (nSPS) is 10.7. The summed E-state index contributed by atoms with van der Waals surface area (Å²) in [6, 6.07) is 20.7. The summed E-state index contributed by atoms with van der Waals surface area (Å²) in [5, 5.41) is 2.92. The highest BCUT2D eigenvalue weighted by atomic mass is 16.5. The van der Waals surface area contributed by atoms with Gasteiger partial charge in [0.05, 0.1) is 14.2 Å². The van der Waals surface area contributed by atoms with Crippen molar-refractivity contribution in [2.45, 2.75) is 12.8 Å². The highest BCUT2D eigenvalue weighted by Gasteiger charge is 2.09. The number of benzene rings is 3. The molecule has 0 unspecified atom stereocenters. The standard InChI is InChI=1S/C24H22N2O4/c1-28-19-13-16(14-20(15-19)29-2)7-12-23(27)25-18-10-8-17(9-11-18)24-26-21-5-3-4-6-22(21)30-24/h3-6,8-11,13-15H,7,12H2,1-2H3,(H,25,27). The first-order valence-corrected chi connectivity index (χ1v) is 9.62. The molecule has 0 spiro atoms. The molecule has 0 aliphatic carbocycles. The van der Waals surface area contributed by atoms with Crippen LogP contribution in [0.15, 0.2) is 71.1 Å². The molecule has 6 heteroatoms. The Balaban J connectivity index is 1.38. The van der Waals surface area contributed by atoms with Gasteiger partial charge in [-0.1, -0.05) is 12.1 Å². The Bertz CT molecular complexity index is 1110. The lowest BCUT2D eigenvalue weighted by Gasteiger charge is -2.09. The molecule has 0 aliphatic heterocycles. The average Bonchev–Trinajstić information content (AvgIpc) is 3.22. The molecule has 0 aliphatic rings. The van der Waals surface area contributed by atoms with Crippen molar-refractivity contribution >= 4 is 22.7 Å². The van der Waals surface area contributed by atoms with Crippen molar-refractivity contribution in [3.8, 4) is 23.0 Å². The third-order valence-corrected chi connectivity index (χ3v) is 4.76. The van der Waals surface area contributed by atoms with E-state index in [-0.39, 0.29) is 5.91 Å². The van der Waals surface area contributed by atoms with E-state index in [1.165, 1.54) is 0 Å². The van der Waals surface area contributed by atoms with Crippen molar-refractivity contribution in [1.82, 2.24) is 4.98 Å². The van der Waals surface area contributed by atoms with E-state index < -0.39 is 0 Å². The maximum absolute atomic E-state index is 12.4. The van der Waals surface area contributed by atoms with Gasteiger partial charge in [-0.05, 0) is 60.5 Å². The van der Waals surface area contributed by atoms with Crippen LogP contribution in [0, 0.1) is 0 Å². The molecule has 1 amide bonds. The number of hydrogen-bond acceptors (Lipinski definition) is 5. The number of nitrogens with zero attached hydrogens (tertiary/aromatic N) is 1. The van der Waals surface area contributed by atoms with Gasteiger partial charge in [0.15, 0.2) is 5.58 Å². The minimum absolute atomic E-state index is 0.0635. The van der Waals surface area contributed by atoms with Gasteiger partial charge in [0.2, 0.25) is 11.8 Å². The van der Waals surface area contributed by atoms with Crippen LogP contribution < -0.4 is 14.8 Å². The molecule has 4 rings (SSSR count). The van der Waals surface area contributed by atoms with E-state index in [9.17, 15) is 4.79 Å². The van der Waals surface area contributed by atoms with Gasteiger partial charge in [-0.3, -0.25) is 4.79 Å². The van der Waals surface area contributed by atoms with Gasteiger partial charge in [0.1, 0.15) is 17.0 Å². The molecule has 0 atom stereocenters. The molecule has 30 heavy (non-hydrogen) atoms. The maximum atomic E-state index is 12.4. The van der Waals surface area contributed by atoms with E-state index in [0.717, 1.165) is 27.9 Å². The maximum Gasteiger partial charge on any atom is 0.227 e. The topological polar surface area (TPSA) is 73.6 Å². The second-order valence-electron chi connectivity index (χ2n) is 6.83. The summed E-state index contributed by atoms with van der Waals surface area (Å²) in [4.78, 5) is 16.9. The number of fused-ring (bicyclic) bond motifs is 1. The molecule has 1 heterocycles. The lowest BCUT2D eigenvalue weighted by molar-refractivity contribution is -0.116. The largest absolute Gasteiger partial charge is 0.497 e. The minimum Gasteiger partial charge on any atom is -0.497 e. The van der Waals surface area contributed by atoms with Crippen molar-refractivity contribution in [3.05, 3.63) is 72.3 Å². The summed E-state index contributed by atoms with van der Waals surface area (Å²) < 4.78 is 16.3. The molecule has 3 aromatic carbocycles. The fraction of sp³-hybridized carbons (Fsp3) is 0.167. The number of carbonyl (C=O) groups excluding carboxylic acids is 1. The smallest absolute Gasteiger partial charge is 0.227 e. The number of nitrogens with one attached hydrogen (secondary N) is 1. The second-order valence-corrected chi connectivity index (χ2v) is 6.83. The predicted molar refractivity (Wildman–Crippen MR) is 116 cm³/mol. The minimum atomic E-state index is -0.0635. The van der Waals surface area contributed by atoms with Crippen molar-refractivity contribution in [2.24, 2.45) is 0 Å². The van der Waals surface area contributed by atoms with Crippen LogP contribution in [0.4, 0.5) is 5.69 Å². The van der Waals surface area contributed by atoms with Crippen LogP contribution in [0.3, 0.4) is 0 Å². The number of carbonyl (C=O) groups is 1. The quantitative estimate of drug-likeness (QED) is 0.466. The zero-order chi connectivity index (χ0) is 20.9. The predicted octanol–water partition coefficient (Wildman–Crippen LogP) is 5.08. The fourth-order valence-electron chi connectivity index (χ4n) is 3.18. The molecular weight excluding hydrogens is 380 g/mol. The average molecular weight is 402 g/mol. The van der Waals surface area contributed by atoms with E-state index >= 15 is 0 Å². The Labute approximate surface area is 174 Å². The van der Waals surface area contributed by atoms with Crippen LogP contribution in [0.1, 0.15) is 12.0 Å². The fourth-order valence-corrected chi connectivity index (χ4v) is 3.18. The Hall–Kier alpha value is -3.80. The summed E-state index contributed by atoms with van der Waals surface area (Å²) in [5.41, 5.74) is 4.13. The molecule has 0 saturated carbocycles. The Kier molecular flexibility index (Phi) is 5.66. The first-order valence-electron chi connectivity index (χ1n) is 9.62. The number of rotatable bonds is 7. The van der Waals surface area contributed by atoms with Gasteiger partial charge in [-0.2, -0.15) is 0 Å². The van der Waals surface area contributed by atoms with Crippen molar-refractivity contribution in [1.29, 1.82) is 0 Å². The molecule has 1 aromatic heterocycles. The van der Waals surface area contributed by atoms with Crippen LogP contribution >= 0.6 is 0 Å². The molecule has 6 nitrogen and oxygen atoms in total. The Morgan fingerprint density at radius 1 is 0.967 bits per heavy atom. The van der Waals surface area contributed by atoms with E-state index in [1.807, 2.05) is 66.7 Å². The summed E-state index contributed by atoms with van der Waals surface area (Å²) in [6.07, 6.45) is 0.934. The summed E-state index contributed by atoms with van der Waals surface area (Å²) >= 11 is 0. The Morgan fingerprint density at radius 2 is 1.67 bits per heavy atom. The van der Waals surface area contributed by atoms with E-state index in [1.54, 1.807) is 14.2 Å². The molecule has 0 radical (unpaired) electrons. The lowest BCUT2D eigenvalue weighted by Crippen LogP contribution is -2.12. The van der Waals surface area contributed by atoms with Crippen LogP contribution in [0.2, 0.25) is 0 Å². The second kappa shape index (κ2) is 8.69. The molecule has 152 valence electrons. The number of para-hydroxylation sites is 2. The number of aryl methyl sites for hydroxylation is 1. The van der Waals surface area contributed by atoms with E-state index in [4.69, 9.17) is 13.9 Å². The molecular formula is C24H22N2O4. The zero-order valence-electron chi connectivity index (χ0n) is 16.8. The molecule has 0 fully saturated rings. The summed E-state index contributed by atoms with van der Waals surface area (Å²) in [6.45, 7) is 0. The molecule has 1 N–H and O–H groups in total. The van der Waals surface area contributed by atoms with Gasteiger partial charge in [0, 0.05) is 23.7 Å². The zero-order valence-corrected chi connectivity index (χ0v) is 16.8. The van der Waals surface area contributed by atoms with Gasteiger partial charge >= 0.3 is 0 Å². The summed E-state index contributed by atoms with van der Waals surface area (Å²) in [5.74, 6) is 1.91. The molecule has 0 saturated heterocycles. The van der Waals surface area contributed by atoms with Crippen LogP contribution in [-0.4, -0.2) is 25.1 Å². The number of anilines is 1. The summed E-state index contributed by atoms with van der Waals surface area (Å²) in [7, 11) is 3.21. The highest BCUT2D eigenvalue weighted by molar-refractivity contribution is 5.91. The number of amides is 1. The number of methoxy groups -OCH3 is 2. The van der Waals surface area contributed by atoms with Crippen molar-refractivity contribution < 1.29 is 18.7 Å². The number of aromatic nitrogens is 1. The van der Waals surface area contributed by atoms with Crippen molar-refractivity contribution in [2.75, 3.05) is 19.5 Å².